The summed E-state index contributed by atoms with van der Waals surface area (Å²) in [6, 6.07) is 0.896. The first-order valence-electron chi connectivity index (χ1n) is 6.17. The van der Waals surface area contributed by atoms with Crippen LogP contribution in [-0.2, 0) is 0 Å². The molecular formula is C13H13FN4O3. The Morgan fingerprint density at radius 3 is 2.86 bits per heavy atom. The van der Waals surface area contributed by atoms with Gasteiger partial charge < -0.3 is 15.6 Å². The van der Waals surface area contributed by atoms with E-state index in [0.717, 1.165) is 12.5 Å². The predicted octanol–water partition coefficient (Wildman–Crippen LogP) is 1.75. The molecular weight excluding hydrogens is 279 g/mol. The number of aromatic carboxylic acids is 1. The normalized spacial score (nSPS) is 10.4. The molecule has 2 aromatic rings. The van der Waals surface area contributed by atoms with Gasteiger partial charge in [0.15, 0.2) is 11.5 Å². The molecule has 3 N–H and O–H groups in total. The summed E-state index contributed by atoms with van der Waals surface area (Å²) in [7, 11) is 0. The van der Waals surface area contributed by atoms with Crippen LogP contribution in [0.4, 0.5) is 10.1 Å². The van der Waals surface area contributed by atoms with Crippen LogP contribution in [0.3, 0.4) is 0 Å². The van der Waals surface area contributed by atoms with Gasteiger partial charge in [-0.25, -0.2) is 19.2 Å². The minimum Gasteiger partial charge on any atom is -0.477 e. The molecule has 7 nitrogen and oxygen atoms in total. The molecule has 0 bridgehead atoms. The number of nitrogens with two attached hydrogens (primary N) is 1. The maximum absolute atomic E-state index is 13.9. The van der Waals surface area contributed by atoms with E-state index in [2.05, 4.69) is 15.0 Å². The number of pyridine rings is 1. The molecule has 0 saturated heterocycles. The lowest BCUT2D eigenvalue weighted by atomic mass is 10.2. The number of halogens is 1. The van der Waals surface area contributed by atoms with Crippen molar-refractivity contribution in [2.24, 2.45) is 0 Å². The van der Waals surface area contributed by atoms with Crippen LogP contribution in [0.2, 0.25) is 0 Å². The summed E-state index contributed by atoms with van der Waals surface area (Å²) in [5.41, 5.74) is 4.56. The van der Waals surface area contributed by atoms with Gasteiger partial charge in [-0.3, -0.25) is 4.98 Å². The highest BCUT2D eigenvalue weighted by molar-refractivity contribution is 5.92. The van der Waals surface area contributed by atoms with Gasteiger partial charge in [-0.2, -0.15) is 0 Å². The van der Waals surface area contributed by atoms with Crippen molar-refractivity contribution in [1.82, 2.24) is 15.0 Å². The summed E-state index contributed by atoms with van der Waals surface area (Å²) >= 11 is 0. The molecule has 8 heteroatoms. The van der Waals surface area contributed by atoms with Crippen LogP contribution in [0.1, 0.15) is 23.8 Å². The van der Waals surface area contributed by atoms with Gasteiger partial charge in [-0.15, -0.1) is 0 Å². The quantitative estimate of drug-likeness (QED) is 0.863. The number of carboxylic acids is 1. The van der Waals surface area contributed by atoms with Gasteiger partial charge in [0.2, 0.25) is 5.88 Å². The Morgan fingerprint density at radius 2 is 2.19 bits per heavy atom. The van der Waals surface area contributed by atoms with Crippen molar-refractivity contribution in [2.45, 2.75) is 13.3 Å². The van der Waals surface area contributed by atoms with Crippen LogP contribution in [-0.4, -0.2) is 32.6 Å². The van der Waals surface area contributed by atoms with Gasteiger partial charge in [0, 0.05) is 6.07 Å². The smallest absolute Gasteiger partial charge is 0.356 e. The summed E-state index contributed by atoms with van der Waals surface area (Å²) in [4.78, 5) is 22.6. The Labute approximate surface area is 119 Å². The third-order valence-electron chi connectivity index (χ3n) is 2.52. The predicted molar refractivity (Wildman–Crippen MR) is 72.4 cm³/mol. The van der Waals surface area contributed by atoms with Crippen molar-refractivity contribution in [3.05, 3.63) is 30.0 Å². The summed E-state index contributed by atoms with van der Waals surface area (Å²) < 4.78 is 19.2. The third-order valence-corrected chi connectivity index (χ3v) is 2.52. The monoisotopic (exact) mass is 292 g/mol. The van der Waals surface area contributed by atoms with Crippen molar-refractivity contribution in [3.8, 4) is 17.3 Å². The minimum atomic E-state index is -1.35. The Kier molecular flexibility index (Phi) is 4.27. The second-order valence-electron chi connectivity index (χ2n) is 4.15. The SMILES string of the molecule is CCCOc1cncc(-c2nc(C(=O)O)c(N)cc2F)n1. The molecule has 110 valence electrons. The zero-order chi connectivity index (χ0) is 15.4. The highest BCUT2D eigenvalue weighted by atomic mass is 19.1. The number of nitrogen functional groups attached to an aromatic ring is 1. The highest BCUT2D eigenvalue weighted by Gasteiger charge is 2.18. The fourth-order valence-electron chi connectivity index (χ4n) is 1.59. The van der Waals surface area contributed by atoms with Crippen LogP contribution in [0.5, 0.6) is 5.88 Å². The average molecular weight is 292 g/mol. The Hall–Kier alpha value is -2.77. The Bertz CT molecular complexity index is 678. The lowest BCUT2D eigenvalue weighted by molar-refractivity contribution is 0.0692. The lowest BCUT2D eigenvalue weighted by Gasteiger charge is -2.07. The van der Waals surface area contributed by atoms with E-state index in [0.29, 0.717) is 6.61 Å². The first-order chi connectivity index (χ1) is 10.0. The second-order valence-corrected chi connectivity index (χ2v) is 4.15. The van der Waals surface area contributed by atoms with E-state index < -0.39 is 17.5 Å². The van der Waals surface area contributed by atoms with Crippen LogP contribution in [0.25, 0.3) is 11.4 Å². The van der Waals surface area contributed by atoms with Crippen molar-refractivity contribution in [3.63, 3.8) is 0 Å². The van der Waals surface area contributed by atoms with E-state index in [4.69, 9.17) is 15.6 Å². The highest BCUT2D eigenvalue weighted by Crippen LogP contribution is 2.23. The molecule has 0 spiro atoms. The lowest BCUT2D eigenvalue weighted by Crippen LogP contribution is -2.09. The van der Waals surface area contributed by atoms with E-state index in [1.165, 1.54) is 12.4 Å². The number of hydrogen-bond donors (Lipinski definition) is 2. The van der Waals surface area contributed by atoms with Crippen LogP contribution < -0.4 is 10.5 Å². The van der Waals surface area contributed by atoms with E-state index >= 15 is 0 Å². The Morgan fingerprint density at radius 1 is 1.43 bits per heavy atom. The molecule has 2 rings (SSSR count). The van der Waals surface area contributed by atoms with Gasteiger partial charge in [-0.05, 0) is 6.42 Å². The molecule has 0 unspecified atom stereocenters. The number of hydrogen-bond acceptors (Lipinski definition) is 6. The van der Waals surface area contributed by atoms with Gasteiger partial charge in [0.1, 0.15) is 11.4 Å². The number of carboxylic acid groups (broad SMARTS) is 1. The van der Waals surface area contributed by atoms with Gasteiger partial charge in [0.05, 0.1) is 24.7 Å². The van der Waals surface area contributed by atoms with Crippen LogP contribution >= 0.6 is 0 Å². The first-order valence-corrected chi connectivity index (χ1v) is 6.17. The zero-order valence-electron chi connectivity index (χ0n) is 11.2. The van der Waals surface area contributed by atoms with Gasteiger partial charge in [0.25, 0.3) is 0 Å². The summed E-state index contributed by atoms with van der Waals surface area (Å²) in [6.07, 6.45) is 3.43. The number of aromatic nitrogens is 3. The first kappa shape index (κ1) is 14.6. The number of ether oxygens (including phenoxy) is 1. The molecule has 0 aliphatic heterocycles. The second kappa shape index (κ2) is 6.12. The molecule has 0 fully saturated rings. The molecule has 0 atom stereocenters. The fraction of sp³-hybridized carbons (Fsp3) is 0.231. The molecule has 0 aliphatic carbocycles. The summed E-state index contributed by atoms with van der Waals surface area (Å²) in [5.74, 6) is -1.91. The maximum Gasteiger partial charge on any atom is 0.356 e. The average Bonchev–Trinajstić information content (AvgIpc) is 2.45. The van der Waals surface area contributed by atoms with Gasteiger partial charge in [-0.1, -0.05) is 6.92 Å². The van der Waals surface area contributed by atoms with Gasteiger partial charge >= 0.3 is 5.97 Å². The molecule has 2 heterocycles. The molecule has 0 radical (unpaired) electrons. The standard InChI is InChI=1S/C13H13FN4O3/c1-2-3-21-10-6-16-5-9(17-10)11-7(14)4-8(15)12(18-11)13(19)20/h4-6H,2-3,15H2,1H3,(H,19,20). The number of carbonyl (C=O) groups is 1. The van der Waals surface area contributed by atoms with Crippen LogP contribution in [0, 0.1) is 5.82 Å². The van der Waals surface area contributed by atoms with Crippen molar-refractivity contribution in [2.75, 3.05) is 12.3 Å². The van der Waals surface area contributed by atoms with E-state index in [-0.39, 0.29) is 23.0 Å². The maximum atomic E-state index is 13.9. The molecule has 2 aromatic heterocycles. The van der Waals surface area contributed by atoms with E-state index in [9.17, 15) is 9.18 Å². The minimum absolute atomic E-state index is 0.0728. The zero-order valence-corrected chi connectivity index (χ0v) is 11.2. The summed E-state index contributed by atoms with van der Waals surface area (Å²) in [5, 5.41) is 8.97. The number of rotatable bonds is 5. The molecule has 0 aromatic carbocycles. The number of nitrogens with zero attached hydrogens (tertiary/aromatic N) is 3. The van der Waals surface area contributed by atoms with Crippen molar-refractivity contribution < 1.29 is 19.0 Å². The third kappa shape index (κ3) is 3.22. The van der Waals surface area contributed by atoms with Crippen LogP contribution in [0.15, 0.2) is 18.5 Å². The Balaban J connectivity index is 2.46. The van der Waals surface area contributed by atoms with E-state index in [1.54, 1.807) is 0 Å². The molecule has 0 aliphatic rings. The molecule has 0 amide bonds. The topological polar surface area (TPSA) is 111 Å². The molecule has 21 heavy (non-hydrogen) atoms. The largest absolute Gasteiger partial charge is 0.477 e. The van der Waals surface area contributed by atoms with Crippen molar-refractivity contribution in [1.29, 1.82) is 0 Å². The van der Waals surface area contributed by atoms with E-state index in [1.807, 2.05) is 6.92 Å². The molecule has 0 saturated carbocycles. The summed E-state index contributed by atoms with van der Waals surface area (Å²) in [6.45, 7) is 2.37. The fourth-order valence-corrected chi connectivity index (χ4v) is 1.59. The number of anilines is 1. The van der Waals surface area contributed by atoms with Crippen molar-refractivity contribution >= 4 is 11.7 Å².